The maximum absolute atomic E-state index is 13.0. The van der Waals surface area contributed by atoms with Crippen molar-refractivity contribution in [3.05, 3.63) is 53.6 Å². The molecule has 2 rings (SSSR count). The lowest BCUT2D eigenvalue weighted by Crippen LogP contribution is -2.31. The summed E-state index contributed by atoms with van der Waals surface area (Å²) in [4.78, 5) is 13.9. The molecular formula is C21H28N2O4S2. The highest BCUT2D eigenvalue weighted by Gasteiger charge is 2.27. The number of sulfonamides is 1. The van der Waals surface area contributed by atoms with Crippen molar-refractivity contribution in [3.63, 3.8) is 0 Å². The fraction of sp³-hybridized carbons (Fsp3) is 0.381. The van der Waals surface area contributed by atoms with E-state index in [9.17, 15) is 13.2 Å². The second kappa shape index (κ2) is 10.1. The van der Waals surface area contributed by atoms with Crippen molar-refractivity contribution in [2.24, 2.45) is 0 Å². The minimum absolute atomic E-state index is 0.00618. The fourth-order valence-corrected chi connectivity index (χ4v) is 5.03. The number of hydrogen-bond donors (Lipinski definition) is 1. The number of rotatable bonds is 9. The van der Waals surface area contributed by atoms with Gasteiger partial charge in [-0.2, -0.15) is 4.31 Å². The molecule has 0 fully saturated rings. The van der Waals surface area contributed by atoms with Crippen LogP contribution in [0.1, 0.15) is 42.7 Å². The minimum atomic E-state index is -3.76. The average Bonchev–Trinajstić information content (AvgIpc) is 2.73. The van der Waals surface area contributed by atoms with Crippen molar-refractivity contribution in [2.45, 2.75) is 36.6 Å². The van der Waals surface area contributed by atoms with Crippen LogP contribution in [0.25, 0.3) is 0 Å². The van der Waals surface area contributed by atoms with E-state index in [4.69, 9.17) is 4.74 Å². The van der Waals surface area contributed by atoms with Crippen LogP contribution in [0.15, 0.2) is 52.3 Å². The zero-order chi connectivity index (χ0) is 21.6. The van der Waals surface area contributed by atoms with Gasteiger partial charge in [-0.05, 0) is 49.1 Å². The third-order valence-electron chi connectivity index (χ3n) is 4.71. The molecule has 8 heteroatoms. The van der Waals surface area contributed by atoms with Gasteiger partial charge in [0, 0.05) is 23.5 Å². The molecule has 0 saturated carbocycles. The number of thioether (sulfide) groups is 1. The summed E-state index contributed by atoms with van der Waals surface area (Å²) in [5.41, 5.74) is 1.24. The zero-order valence-electron chi connectivity index (χ0n) is 17.4. The Hall–Kier alpha value is -2.03. The van der Waals surface area contributed by atoms with Gasteiger partial charge >= 0.3 is 0 Å². The van der Waals surface area contributed by atoms with Crippen LogP contribution in [0.3, 0.4) is 0 Å². The van der Waals surface area contributed by atoms with Crippen LogP contribution in [-0.2, 0) is 10.0 Å². The Kier molecular flexibility index (Phi) is 8.13. The molecule has 0 saturated heterocycles. The molecule has 1 atom stereocenters. The zero-order valence-corrected chi connectivity index (χ0v) is 19.1. The summed E-state index contributed by atoms with van der Waals surface area (Å²) in [6, 6.07) is 12.2. The van der Waals surface area contributed by atoms with E-state index in [1.165, 1.54) is 23.5 Å². The Balaban J connectivity index is 2.31. The van der Waals surface area contributed by atoms with Gasteiger partial charge in [-0.1, -0.05) is 26.0 Å². The smallest absolute Gasteiger partial charge is 0.251 e. The number of benzene rings is 2. The summed E-state index contributed by atoms with van der Waals surface area (Å²) in [5.74, 6) is -0.126. The topological polar surface area (TPSA) is 75.7 Å². The molecule has 158 valence electrons. The molecule has 1 N–H and O–H groups in total. The van der Waals surface area contributed by atoms with Crippen LogP contribution in [-0.4, -0.2) is 45.1 Å². The summed E-state index contributed by atoms with van der Waals surface area (Å²) in [6.07, 6.45) is 2.01. The molecule has 0 bridgehead atoms. The van der Waals surface area contributed by atoms with Gasteiger partial charge in [0.1, 0.15) is 10.6 Å². The lowest BCUT2D eigenvalue weighted by molar-refractivity contribution is 0.0939. The second-order valence-corrected chi connectivity index (χ2v) is 9.21. The summed E-state index contributed by atoms with van der Waals surface area (Å²) < 4.78 is 32.5. The van der Waals surface area contributed by atoms with Gasteiger partial charge in [0.25, 0.3) is 5.91 Å². The Morgan fingerprint density at radius 1 is 1.14 bits per heavy atom. The largest absolute Gasteiger partial charge is 0.495 e. The highest BCUT2D eigenvalue weighted by Crippen LogP contribution is 2.28. The normalized spacial score (nSPS) is 12.6. The second-order valence-electron chi connectivity index (χ2n) is 6.42. The Labute approximate surface area is 177 Å². The van der Waals surface area contributed by atoms with Gasteiger partial charge < -0.3 is 10.1 Å². The molecular weight excluding hydrogens is 408 g/mol. The Morgan fingerprint density at radius 3 is 2.28 bits per heavy atom. The molecule has 29 heavy (non-hydrogen) atoms. The molecule has 0 aliphatic carbocycles. The van der Waals surface area contributed by atoms with Crippen LogP contribution < -0.4 is 10.1 Å². The maximum Gasteiger partial charge on any atom is 0.251 e. The van der Waals surface area contributed by atoms with Crippen molar-refractivity contribution in [1.82, 2.24) is 9.62 Å². The van der Waals surface area contributed by atoms with E-state index in [2.05, 4.69) is 5.32 Å². The van der Waals surface area contributed by atoms with E-state index in [1.54, 1.807) is 31.7 Å². The van der Waals surface area contributed by atoms with Crippen molar-refractivity contribution >= 4 is 27.7 Å². The average molecular weight is 437 g/mol. The third-order valence-corrected chi connectivity index (χ3v) is 7.53. The summed E-state index contributed by atoms with van der Waals surface area (Å²) in [5, 5.41) is 2.93. The molecule has 0 aliphatic heterocycles. The van der Waals surface area contributed by atoms with E-state index in [0.717, 1.165) is 10.5 Å². The van der Waals surface area contributed by atoms with Crippen molar-refractivity contribution in [1.29, 1.82) is 0 Å². The van der Waals surface area contributed by atoms with Gasteiger partial charge in [-0.3, -0.25) is 4.79 Å². The molecule has 0 aliphatic rings. The minimum Gasteiger partial charge on any atom is -0.495 e. The van der Waals surface area contributed by atoms with Gasteiger partial charge in [0.2, 0.25) is 10.0 Å². The molecule has 0 spiro atoms. The summed E-state index contributed by atoms with van der Waals surface area (Å²) >= 11 is 1.65. The summed E-state index contributed by atoms with van der Waals surface area (Å²) in [6.45, 7) is 6.11. The highest BCUT2D eigenvalue weighted by atomic mass is 32.2. The van der Waals surface area contributed by atoms with E-state index in [1.807, 2.05) is 37.4 Å². The van der Waals surface area contributed by atoms with E-state index in [0.29, 0.717) is 13.1 Å². The van der Waals surface area contributed by atoms with Gasteiger partial charge in [0.15, 0.2) is 0 Å². The number of nitrogens with one attached hydrogen (secondary N) is 1. The number of ether oxygens (including phenoxy) is 1. The lowest BCUT2D eigenvalue weighted by Gasteiger charge is -2.21. The van der Waals surface area contributed by atoms with Crippen LogP contribution >= 0.6 is 11.8 Å². The molecule has 0 radical (unpaired) electrons. The third kappa shape index (κ3) is 5.32. The number of hydrogen-bond acceptors (Lipinski definition) is 5. The fourth-order valence-electron chi connectivity index (χ4n) is 2.98. The van der Waals surface area contributed by atoms with Crippen LogP contribution in [0.5, 0.6) is 5.75 Å². The first kappa shape index (κ1) is 23.3. The summed E-state index contributed by atoms with van der Waals surface area (Å²) in [7, 11) is -2.35. The van der Waals surface area contributed by atoms with E-state index >= 15 is 0 Å². The van der Waals surface area contributed by atoms with Crippen molar-refractivity contribution in [3.8, 4) is 5.75 Å². The quantitative estimate of drug-likeness (QED) is 0.603. The predicted octanol–water partition coefficient (Wildman–Crippen LogP) is 3.94. The SMILES string of the molecule is CCN(CC)S(=O)(=O)c1cc(C(=O)N[C@@H](C)c2ccc(SC)cc2)ccc1OC. The molecule has 1 amide bonds. The highest BCUT2D eigenvalue weighted by molar-refractivity contribution is 7.98. The van der Waals surface area contributed by atoms with E-state index < -0.39 is 10.0 Å². The van der Waals surface area contributed by atoms with Crippen LogP contribution in [0, 0.1) is 0 Å². The van der Waals surface area contributed by atoms with Gasteiger partial charge in [-0.25, -0.2) is 8.42 Å². The number of methoxy groups -OCH3 is 1. The number of amides is 1. The van der Waals surface area contributed by atoms with Crippen molar-refractivity contribution in [2.75, 3.05) is 26.5 Å². The first-order valence-corrected chi connectivity index (χ1v) is 12.1. The molecule has 0 aromatic heterocycles. The number of carbonyl (C=O) groups is 1. The predicted molar refractivity (Wildman–Crippen MR) is 117 cm³/mol. The van der Waals surface area contributed by atoms with Crippen molar-refractivity contribution < 1.29 is 17.9 Å². The number of nitrogens with zero attached hydrogens (tertiary/aromatic N) is 1. The monoisotopic (exact) mass is 436 g/mol. The molecule has 0 unspecified atom stereocenters. The van der Waals surface area contributed by atoms with Gasteiger partial charge in [0.05, 0.1) is 13.2 Å². The Morgan fingerprint density at radius 2 is 1.76 bits per heavy atom. The first-order chi connectivity index (χ1) is 13.8. The Bertz CT molecular complexity index is 940. The number of carbonyl (C=O) groups excluding carboxylic acids is 1. The first-order valence-electron chi connectivity index (χ1n) is 9.41. The molecule has 2 aromatic rings. The van der Waals surface area contributed by atoms with Gasteiger partial charge in [-0.15, -0.1) is 11.8 Å². The maximum atomic E-state index is 13.0. The van der Waals surface area contributed by atoms with Crippen LogP contribution in [0.2, 0.25) is 0 Å². The molecule has 6 nitrogen and oxygen atoms in total. The lowest BCUT2D eigenvalue weighted by atomic mass is 10.1. The molecule has 0 heterocycles. The standard InChI is InChI=1S/C21H28N2O4S2/c1-6-23(7-2)29(25,26)20-14-17(10-13-19(20)27-4)21(24)22-15(3)16-8-11-18(28-5)12-9-16/h8-15H,6-7H2,1-5H3,(H,22,24)/t15-/m0/s1. The molecule has 2 aromatic carbocycles. The van der Waals surface area contributed by atoms with E-state index in [-0.39, 0.29) is 28.2 Å². The van der Waals surface area contributed by atoms with Crippen LogP contribution in [0.4, 0.5) is 0 Å².